The lowest BCUT2D eigenvalue weighted by molar-refractivity contribution is -0.147. The molecule has 1 aliphatic rings. The highest BCUT2D eigenvalue weighted by atomic mass is 79.9. The highest BCUT2D eigenvalue weighted by molar-refractivity contribution is 9.10. The minimum absolute atomic E-state index is 0.156. The Morgan fingerprint density at radius 3 is 2.65 bits per heavy atom. The molecule has 2 aromatic rings. The average molecular weight is 569 g/mol. The van der Waals surface area contributed by atoms with Crippen molar-refractivity contribution in [3.05, 3.63) is 61.9 Å². The molecule has 1 heterocycles. The number of imide groups is 1. The van der Waals surface area contributed by atoms with Crippen molar-refractivity contribution in [3.63, 3.8) is 0 Å². The molecule has 0 unspecified atom stereocenters. The molecule has 1 fully saturated rings. The van der Waals surface area contributed by atoms with Gasteiger partial charge in [-0.2, -0.15) is 0 Å². The number of halogens is 2. The van der Waals surface area contributed by atoms with Gasteiger partial charge in [-0.25, -0.2) is 0 Å². The zero-order valence-corrected chi connectivity index (χ0v) is 22.0. The number of methoxy groups -OCH3 is 1. The van der Waals surface area contributed by atoms with Gasteiger partial charge in [-0.1, -0.05) is 43.6 Å². The van der Waals surface area contributed by atoms with E-state index >= 15 is 0 Å². The Morgan fingerprint density at radius 2 is 1.97 bits per heavy atom. The number of carbonyl (C=O) groups excluding carboxylic acids is 3. The lowest BCUT2D eigenvalue weighted by atomic mass is 10.1. The number of thioether (sulfide) groups is 1. The summed E-state index contributed by atoms with van der Waals surface area (Å²) >= 11 is 10.4. The van der Waals surface area contributed by atoms with Crippen molar-refractivity contribution in [3.8, 4) is 11.5 Å². The third kappa shape index (κ3) is 6.55. The van der Waals surface area contributed by atoms with Crippen LogP contribution < -0.4 is 9.47 Å². The van der Waals surface area contributed by atoms with E-state index in [0.29, 0.717) is 26.6 Å². The molecule has 0 spiro atoms. The Morgan fingerprint density at radius 1 is 1.24 bits per heavy atom. The number of esters is 1. The van der Waals surface area contributed by atoms with Crippen LogP contribution in [-0.2, 0) is 20.9 Å². The maximum Gasteiger partial charge on any atom is 0.326 e. The van der Waals surface area contributed by atoms with Gasteiger partial charge in [0.25, 0.3) is 11.1 Å². The molecule has 0 N–H and O–H groups in total. The third-order valence-electron chi connectivity index (χ3n) is 4.62. The number of rotatable bonds is 9. The summed E-state index contributed by atoms with van der Waals surface area (Å²) in [6.07, 6.45) is 1.56. The van der Waals surface area contributed by atoms with Crippen molar-refractivity contribution in [2.24, 2.45) is 5.92 Å². The summed E-state index contributed by atoms with van der Waals surface area (Å²) in [5.74, 6) is -0.110. The molecule has 0 atom stereocenters. The van der Waals surface area contributed by atoms with Crippen LogP contribution in [0.4, 0.5) is 4.79 Å². The van der Waals surface area contributed by atoms with E-state index < -0.39 is 23.7 Å². The van der Waals surface area contributed by atoms with Crippen LogP contribution in [0.15, 0.2) is 45.8 Å². The molecular formula is C24H23BrClNO6S. The largest absolute Gasteiger partial charge is 0.493 e. The summed E-state index contributed by atoms with van der Waals surface area (Å²) in [5.41, 5.74) is 1.43. The van der Waals surface area contributed by atoms with E-state index in [2.05, 4.69) is 15.9 Å². The number of nitrogens with zero attached hydrogens (tertiary/aromatic N) is 1. The van der Waals surface area contributed by atoms with E-state index in [4.69, 9.17) is 25.8 Å². The maximum atomic E-state index is 12.7. The SMILES string of the molecule is COc1cc(/C=C2/SC(=O)N(CC(=O)OCC(C)C)C2=O)cc(Br)c1OCc1ccccc1Cl. The van der Waals surface area contributed by atoms with Gasteiger partial charge in [0.05, 0.1) is 23.1 Å². The van der Waals surface area contributed by atoms with Gasteiger partial charge >= 0.3 is 5.97 Å². The van der Waals surface area contributed by atoms with Crippen molar-refractivity contribution < 1.29 is 28.6 Å². The fraction of sp³-hybridized carbons (Fsp3) is 0.292. The zero-order chi connectivity index (χ0) is 24.8. The molecule has 10 heteroatoms. The predicted octanol–water partition coefficient (Wildman–Crippen LogP) is 5.93. The zero-order valence-electron chi connectivity index (χ0n) is 18.8. The first kappa shape index (κ1) is 26.1. The minimum Gasteiger partial charge on any atom is -0.493 e. The number of hydrogen-bond acceptors (Lipinski definition) is 7. The van der Waals surface area contributed by atoms with Crippen LogP contribution in [-0.4, -0.2) is 42.3 Å². The topological polar surface area (TPSA) is 82.1 Å². The molecule has 1 saturated heterocycles. The van der Waals surface area contributed by atoms with E-state index in [9.17, 15) is 14.4 Å². The van der Waals surface area contributed by atoms with E-state index in [-0.39, 0.29) is 24.0 Å². The molecule has 180 valence electrons. The lowest BCUT2D eigenvalue weighted by Crippen LogP contribution is -2.34. The molecule has 7 nitrogen and oxygen atoms in total. The molecule has 0 bridgehead atoms. The second kappa shape index (κ2) is 11.8. The Balaban J connectivity index is 1.75. The van der Waals surface area contributed by atoms with Gasteiger partial charge in [0.15, 0.2) is 11.5 Å². The number of ether oxygens (including phenoxy) is 3. The highest BCUT2D eigenvalue weighted by Crippen LogP contribution is 2.39. The normalized spacial score (nSPS) is 14.8. The monoisotopic (exact) mass is 567 g/mol. The lowest BCUT2D eigenvalue weighted by Gasteiger charge is -2.14. The first-order valence-corrected chi connectivity index (χ1v) is 12.3. The summed E-state index contributed by atoms with van der Waals surface area (Å²) in [4.78, 5) is 38.1. The van der Waals surface area contributed by atoms with Gasteiger partial charge in [-0.15, -0.1) is 0 Å². The van der Waals surface area contributed by atoms with Crippen molar-refractivity contribution in [2.45, 2.75) is 20.5 Å². The van der Waals surface area contributed by atoms with Gasteiger partial charge < -0.3 is 14.2 Å². The summed E-state index contributed by atoms with van der Waals surface area (Å²) < 4.78 is 17.1. The Hall–Kier alpha value is -2.49. The van der Waals surface area contributed by atoms with Crippen LogP contribution in [0.3, 0.4) is 0 Å². The first-order valence-electron chi connectivity index (χ1n) is 10.3. The van der Waals surface area contributed by atoms with Gasteiger partial charge in [0.1, 0.15) is 13.2 Å². The van der Waals surface area contributed by atoms with E-state index in [1.807, 2.05) is 32.0 Å². The maximum absolute atomic E-state index is 12.7. The predicted molar refractivity (Wildman–Crippen MR) is 135 cm³/mol. The van der Waals surface area contributed by atoms with Crippen LogP contribution in [0.5, 0.6) is 11.5 Å². The molecule has 2 amide bonds. The molecule has 34 heavy (non-hydrogen) atoms. The average Bonchev–Trinajstić information content (AvgIpc) is 3.05. The van der Waals surface area contributed by atoms with Gasteiger partial charge in [-0.3, -0.25) is 19.3 Å². The third-order valence-corrected chi connectivity index (χ3v) is 6.48. The fourth-order valence-electron chi connectivity index (χ4n) is 2.95. The standard InChI is InChI=1S/C24H23BrClNO6S/c1-14(2)12-32-21(28)11-27-23(29)20(34-24(27)30)10-15-8-17(25)22(19(9-15)31-3)33-13-16-6-4-5-7-18(16)26/h4-10,14H,11-13H2,1-3H3/b20-10+. The minimum atomic E-state index is -0.623. The van der Waals surface area contributed by atoms with E-state index in [0.717, 1.165) is 22.2 Å². The number of hydrogen-bond donors (Lipinski definition) is 0. The smallest absolute Gasteiger partial charge is 0.326 e. The molecule has 1 aliphatic heterocycles. The van der Waals surface area contributed by atoms with Crippen LogP contribution in [0.25, 0.3) is 6.08 Å². The second-order valence-corrected chi connectivity index (χ2v) is 10.0. The molecule has 0 aliphatic carbocycles. The number of benzene rings is 2. The molecule has 3 rings (SSSR count). The van der Waals surface area contributed by atoms with Crippen molar-refractivity contribution in [1.29, 1.82) is 0 Å². The van der Waals surface area contributed by atoms with Gasteiger partial charge in [0.2, 0.25) is 0 Å². The molecular weight excluding hydrogens is 546 g/mol. The van der Waals surface area contributed by atoms with Crippen LogP contribution >= 0.6 is 39.3 Å². The molecule has 0 saturated carbocycles. The summed E-state index contributed by atoms with van der Waals surface area (Å²) in [7, 11) is 1.50. The summed E-state index contributed by atoms with van der Waals surface area (Å²) in [5, 5.41) is 0.0708. The van der Waals surface area contributed by atoms with E-state index in [1.165, 1.54) is 7.11 Å². The Labute approximate surface area is 215 Å². The van der Waals surface area contributed by atoms with Crippen LogP contribution in [0.2, 0.25) is 5.02 Å². The fourth-order valence-corrected chi connectivity index (χ4v) is 4.55. The second-order valence-electron chi connectivity index (χ2n) is 7.76. The van der Waals surface area contributed by atoms with Crippen LogP contribution in [0.1, 0.15) is 25.0 Å². The van der Waals surface area contributed by atoms with Crippen LogP contribution in [0, 0.1) is 5.92 Å². The highest BCUT2D eigenvalue weighted by Gasteiger charge is 2.36. The molecule has 0 aromatic heterocycles. The van der Waals surface area contributed by atoms with Gasteiger partial charge in [-0.05, 0) is 63.4 Å². The summed E-state index contributed by atoms with van der Waals surface area (Å²) in [6.45, 7) is 3.84. The summed E-state index contributed by atoms with van der Waals surface area (Å²) in [6, 6.07) is 10.8. The Bertz CT molecular complexity index is 1140. The van der Waals surface area contributed by atoms with Crippen molar-refractivity contribution in [1.82, 2.24) is 4.90 Å². The molecule has 2 aromatic carbocycles. The Kier molecular flexibility index (Phi) is 9.04. The van der Waals surface area contributed by atoms with Gasteiger partial charge in [0, 0.05) is 10.6 Å². The number of carbonyl (C=O) groups is 3. The van der Waals surface area contributed by atoms with Crippen molar-refractivity contribution >= 4 is 62.5 Å². The first-order chi connectivity index (χ1) is 16.2. The molecule has 0 radical (unpaired) electrons. The number of amides is 2. The quantitative estimate of drug-likeness (QED) is 0.274. The van der Waals surface area contributed by atoms with Crippen molar-refractivity contribution in [2.75, 3.05) is 20.3 Å². The van der Waals surface area contributed by atoms with E-state index in [1.54, 1.807) is 24.3 Å².